The topological polar surface area (TPSA) is 237 Å². The van der Waals surface area contributed by atoms with Gasteiger partial charge in [-0.15, -0.1) is 11.3 Å². The van der Waals surface area contributed by atoms with Gasteiger partial charge < -0.3 is 25.3 Å². The molecule has 0 atom stereocenters. The summed E-state index contributed by atoms with van der Waals surface area (Å²) in [5.41, 5.74) is 6.92. The van der Waals surface area contributed by atoms with Gasteiger partial charge in [0.25, 0.3) is 17.7 Å². The van der Waals surface area contributed by atoms with Crippen molar-refractivity contribution < 1.29 is 51.4 Å². The van der Waals surface area contributed by atoms with Gasteiger partial charge in [0.15, 0.2) is 0 Å². The molecule has 18 nitrogen and oxygen atoms in total. The first-order valence-corrected chi connectivity index (χ1v) is 17.2. The van der Waals surface area contributed by atoms with Gasteiger partial charge in [-0.05, 0) is 25.5 Å². The van der Waals surface area contributed by atoms with Crippen LogP contribution in [0.2, 0.25) is 0 Å². The second-order valence-corrected chi connectivity index (χ2v) is 12.6. The summed E-state index contributed by atoms with van der Waals surface area (Å²) >= 11 is 1.21. The molecular weight excluding hydrogens is 674 g/mol. The van der Waals surface area contributed by atoms with Crippen molar-refractivity contribution in [3.05, 3.63) is 33.5 Å². The molecule has 0 bridgehead atoms. The normalized spacial score (nSPS) is 14.2. The molecule has 0 saturated carbocycles. The van der Waals surface area contributed by atoms with E-state index in [4.69, 9.17) is 24.8 Å². The Morgan fingerprint density at radius 3 is 2.44 bits per heavy atom. The molecule has 2 aliphatic heterocycles. The molecule has 0 radical (unpaired) electrons. The highest BCUT2D eigenvalue weighted by molar-refractivity contribution is 7.88. The number of ether oxygens (including phenoxy) is 3. The van der Waals surface area contributed by atoms with Crippen LogP contribution in [-0.4, -0.2) is 113 Å². The molecule has 5 amide bonds. The number of thiophene rings is 1. The maximum absolute atomic E-state index is 13.0. The lowest BCUT2D eigenvalue weighted by Gasteiger charge is -2.21. The van der Waals surface area contributed by atoms with Crippen molar-refractivity contribution in [3.63, 3.8) is 0 Å². The quantitative estimate of drug-likeness (QED) is 0.0784. The predicted molar refractivity (Wildman–Crippen MR) is 173 cm³/mol. The molecule has 0 spiro atoms. The molecule has 1 aromatic heterocycles. The van der Waals surface area contributed by atoms with Crippen molar-refractivity contribution in [1.82, 2.24) is 24.7 Å². The first-order valence-electron chi connectivity index (χ1n) is 14.9. The highest BCUT2D eigenvalue weighted by Crippen LogP contribution is 2.35. The summed E-state index contributed by atoms with van der Waals surface area (Å²) in [4.78, 5) is 71.5. The van der Waals surface area contributed by atoms with E-state index < -0.39 is 34.0 Å². The molecule has 0 saturated heterocycles. The van der Waals surface area contributed by atoms with E-state index in [-0.39, 0.29) is 70.8 Å². The molecule has 2 aliphatic rings. The van der Waals surface area contributed by atoms with Gasteiger partial charge in [0.2, 0.25) is 5.91 Å². The first kappa shape index (κ1) is 38.2. The van der Waals surface area contributed by atoms with Gasteiger partial charge in [-0.3, -0.25) is 28.9 Å². The fourth-order valence-electron chi connectivity index (χ4n) is 4.11. The van der Waals surface area contributed by atoms with Gasteiger partial charge in [-0.1, -0.05) is 6.92 Å². The number of fused-ring (bicyclic) bond motifs is 1. The molecule has 0 fully saturated rings. The highest BCUT2D eigenvalue weighted by Gasteiger charge is 2.26. The van der Waals surface area contributed by atoms with Crippen molar-refractivity contribution in [2.24, 2.45) is 10.7 Å². The third kappa shape index (κ3) is 12.4. The van der Waals surface area contributed by atoms with E-state index in [9.17, 15) is 32.4 Å². The summed E-state index contributed by atoms with van der Waals surface area (Å²) in [6.07, 6.45) is 3.48. The second-order valence-electron chi connectivity index (χ2n) is 9.97. The smallest absolute Gasteiger partial charge is 0.421 e. The fraction of sp³-hybridized carbons (Fsp3) is 0.500. The second kappa shape index (κ2) is 19.0. The number of carbonyl (C=O) groups excluding carboxylic acids is 5. The lowest BCUT2D eigenvalue weighted by Crippen LogP contribution is -2.41. The van der Waals surface area contributed by atoms with E-state index in [1.165, 1.54) is 16.4 Å². The van der Waals surface area contributed by atoms with E-state index >= 15 is 0 Å². The molecule has 0 aliphatic carbocycles. The number of carbonyl (C=O) groups is 5. The molecule has 0 unspecified atom stereocenters. The number of hydrogen-bond acceptors (Lipinski definition) is 14. The Bertz CT molecular complexity index is 1520. The first-order chi connectivity index (χ1) is 22.9. The minimum absolute atomic E-state index is 0.0316. The fourth-order valence-corrected chi connectivity index (χ4v) is 5.91. The van der Waals surface area contributed by atoms with Crippen molar-refractivity contribution >= 4 is 68.9 Å². The SMILES string of the molecule is CCCN(OCC)C(=O)C1=Cc2sc(CNS(=O)(=O)NC(=O)OCCOCCOCCNC(=O)CN3C(=O)C=CC3=O)cc2N=C(N)C1. The van der Waals surface area contributed by atoms with Gasteiger partial charge >= 0.3 is 16.3 Å². The van der Waals surface area contributed by atoms with Gasteiger partial charge in [0, 0.05) is 48.7 Å². The molecule has 48 heavy (non-hydrogen) atoms. The maximum Gasteiger partial charge on any atom is 0.421 e. The van der Waals surface area contributed by atoms with Crippen LogP contribution in [0.25, 0.3) is 6.08 Å². The number of nitrogens with zero attached hydrogens (tertiary/aromatic N) is 3. The average Bonchev–Trinajstić information content (AvgIpc) is 3.51. The Balaban J connectivity index is 1.31. The minimum atomic E-state index is -4.28. The maximum atomic E-state index is 13.0. The van der Waals surface area contributed by atoms with E-state index in [0.717, 1.165) is 17.1 Å². The average molecular weight is 714 g/mol. The largest absolute Gasteiger partial charge is 0.446 e. The summed E-state index contributed by atoms with van der Waals surface area (Å²) in [5, 5.41) is 3.81. The van der Waals surface area contributed by atoms with Crippen LogP contribution < -0.4 is 20.5 Å². The van der Waals surface area contributed by atoms with Crippen LogP contribution in [0.1, 0.15) is 36.4 Å². The Labute approximate surface area is 281 Å². The van der Waals surface area contributed by atoms with Crippen LogP contribution in [0.4, 0.5) is 10.5 Å². The molecule has 20 heteroatoms. The molecule has 264 valence electrons. The number of rotatable bonds is 20. The molecule has 3 heterocycles. The van der Waals surface area contributed by atoms with Gasteiger partial charge in [-0.2, -0.15) is 13.1 Å². The predicted octanol–water partition coefficient (Wildman–Crippen LogP) is -0.151. The van der Waals surface area contributed by atoms with Crippen molar-refractivity contribution in [2.75, 3.05) is 59.3 Å². The van der Waals surface area contributed by atoms with Crippen molar-refractivity contribution in [1.29, 1.82) is 0 Å². The highest BCUT2D eigenvalue weighted by atomic mass is 32.2. The number of amides is 5. The van der Waals surface area contributed by atoms with Crippen LogP contribution in [0.3, 0.4) is 0 Å². The number of nitrogens with one attached hydrogen (secondary N) is 3. The number of hydroxylamine groups is 2. The summed E-state index contributed by atoms with van der Waals surface area (Å²) < 4.78 is 44.1. The summed E-state index contributed by atoms with van der Waals surface area (Å²) in [6.45, 7) is 4.22. The van der Waals surface area contributed by atoms with Crippen LogP contribution in [0.15, 0.2) is 28.8 Å². The van der Waals surface area contributed by atoms with Gasteiger partial charge in [0.05, 0.1) is 43.6 Å². The van der Waals surface area contributed by atoms with E-state index in [2.05, 4.69) is 15.0 Å². The molecule has 0 aromatic carbocycles. The van der Waals surface area contributed by atoms with E-state index in [0.29, 0.717) is 40.6 Å². The molecule has 5 N–H and O–H groups in total. The number of imide groups is 1. The summed E-state index contributed by atoms with van der Waals surface area (Å²) in [5.74, 6) is -1.70. The summed E-state index contributed by atoms with van der Waals surface area (Å²) in [7, 11) is -4.28. The van der Waals surface area contributed by atoms with Crippen LogP contribution in [0, 0.1) is 0 Å². The van der Waals surface area contributed by atoms with E-state index in [1.807, 2.05) is 6.92 Å². The van der Waals surface area contributed by atoms with Gasteiger partial charge in [0.1, 0.15) is 19.0 Å². The monoisotopic (exact) mass is 713 g/mol. The third-order valence-corrected chi connectivity index (χ3v) is 8.23. The zero-order valence-electron chi connectivity index (χ0n) is 26.5. The number of hydrogen-bond donors (Lipinski definition) is 4. The Hall–Kier alpha value is -4.21. The number of amidine groups is 1. The van der Waals surface area contributed by atoms with Crippen molar-refractivity contribution in [2.45, 2.75) is 33.2 Å². The summed E-state index contributed by atoms with van der Waals surface area (Å²) in [6, 6.07) is 1.64. The van der Waals surface area contributed by atoms with Crippen LogP contribution >= 0.6 is 11.3 Å². The third-order valence-electron chi connectivity index (χ3n) is 6.20. The molecular formula is C28H39N7O11S2. The Morgan fingerprint density at radius 2 is 1.75 bits per heavy atom. The standard InChI is InChI=1S/C28H39N7O11S2/c1-3-8-35(46-4-2)27(39)19-14-22-21(32-23(29)15-19)16-20(47-22)17-31-48(41,42)33-28(40)45-13-12-44-11-10-43-9-7-30-24(36)18-34-25(37)5-6-26(34)38/h5-6,14,16,31H,3-4,7-13,15,17-18H2,1-2H3,(H2,29,32)(H,30,36)(H,33,40). The van der Waals surface area contributed by atoms with Crippen LogP contribution in [0.5, 0.6) is 0 Å². The Kier molecular flexibility index (Phi) is 15.1. The molecule has 3 rings (SSSR count). The Morgan fingerprint density at radius 1 is 1.06 bits per heavy atom. The lowest BCUT2D eigenvalue weighted by molar-refractivity contribution is -0.180. The number of nitrogens with two attached hydrogens (primary N) is 1. The van der Waals surface area contributed by atoms with Gasteiger partial charge in [-0.25, -0.2) is 19.6 Å². The van der Waals surface area contributed by atoms with E-state index in [1.54, 1.807) is 23.8 Å². The van der Waals surface area contributed by atoms with Crippen molar-refractivity contribution in [3.8, 4) is 0 Å². The number of aliphatic imine (C=N–C) groups is 1. The minimum Gasteiger partial charge on any atom is -0.446 e. The zero-order valence-corrected chi connectivity index (χ0v) is 28.2. The molecule has 1 aromatic rings. The zero-order chi connectivity index (χ0) is 35.1. The lowest BCUT2D eigenvalue weighted by atomic mass is 10.1. The van der Waals surface area contributed by atoms with Crippen LogP contribution in [-0.2, 0) is 55.0 Å².